The van der Waals surface area contributed by atoms with Crippen molar-refractivity contribution in [3.8, 4) is 11.5 Å². The van der Waals surface area contributed by atoms with Crippen molar-refractivity contribution in [2.45, 2.75) is 19.9 Å². The van der Waals surface area contributed by atoms with E-state index < -0.39 is 0 Å². The molecule has 2 rings (SSSR count). The third-order valence-electron chi connectivity index (χ3n) is 3.42. The summed E-state index contributed by atoms with van der Waals surface area (Å²) in [6.45, 7) is 4.07. The molecule has 118 valence electrons. The van der Waals surface area contributed by atoms with Crippen molar-refractivity contribution in [1.29, 1.82) is 0 Å². The lowest BCUT2D eigenvalue weighted by atomic mass is 10.1. The van der Waals surface area contributed by atoms with E-state index in [1.54, 1.807) is 38.1 Å². The maximum Gasteiger partial charge on any atom is 0.356 e. The van der Waals surface area contributed by atoms with E-state index >= 15 is 0 Å². The number of esters is 1. The molecule has 2 aromatic rings. The SMILES string of the molecule is CCOC(=O)c1cncn1[C@H](C)c1cc(OC)cc(OC)c1. The Labute approximate surface area is 129 Å². The van der Waals surface area contributed by atoms with E-state index in [2.05, 4.69) is 4.98 Å². The van der Waals surface area contributed by atoms with E-state index in [4.69, 9.17) is 14.2 Å². The Morgan fingerprint density at radius 3 is 2.41 bits per heavy atom. The van der Waals surface area contributed by atoms with Crippen molar-refractivity contribution in [2.75, 3.05) is 20.8 Å². The summed E-state index contributed by atoms with van der Waals surface area (Å²) in [6, 6.07) is 5.49. The highest BCUT2D eigenvalue weighted by Gasteiger charge is 2.19. The number of benzene rings is 1. The van der Waals surface area contributed by atoms with Crippen LogP contribution in [0.2, 0.25) is 0 Å². The average molecular weight is 304 g/mol. The standard InChI is InChI=1S/C16H20N2O4/c1-5-22-16(19)15-9-17-10-18(15)11(2)12-6-13(20-3)8-14(7-12)21-4/h6-11H,5H2,1-4H3/t11-/m1/s1. The van der Waals surface area contributed by atoms with Crippen LogP contribution in [0.1, 0.15) is 35.9 Å². The van der Waals surface area contributed by atoms with Crippen LogP contribution in [0.4, 0.5) is 0 Å². The number of rotatable bonds is 6. The normalized spacial score (nSPS) is 11.8. The first-order chi connectivity index (χ1) is 10.6. The summed E-state index contributed by atoms with van der Waals surface area (Å²) in [6.07, 6.45) is 3.12. The second kappa shape index (κ2) is 6.98. The Bertz CT molecular complexity index is 629. The van der Waals surface area contributed by atoms with E-state index in [0.717, 1.165) is 5.56 Å². The number of aromatic nitrogens is 2. The smallest absolute Gasteiger partial charge is 0.356 e. The van der Waals surface area contributed by atoms with Gasteiger partial charge in [0.05, 0.1) is 39.4 Å². The Kier molecular flexibility index (Phi) is 5.04. The molecule has 1 aromatic heterocycles. The zero-order chi connectivity index (χ0) is 16.1. The van der Waals surface area contributed by atoms with Gasteiger partial charge in [0.15, 0.2) is 0 Å². The molecule has 1 heterocycles. The van der Waals surface area contributed by atoms with Crippen LogP contribution in [-0.4, -0.2) is 36.3 Å². The molecule has 1 aromatic carbocycles. The summed E-state index contributed by atoms with van der Waals surface area (Å²) < 4.78 is 17.4. The fourth-order valence-electron chi connectivity index (χ4n) is 2.21. The van der Waals surface area contributed by atoms with Gasteiger partial charge in [-0.3, -0.25) is 0 Å². The highest BCUT2D eigenvalue weighted by molar-refractivity contribution is 5.87. The summed E-state index contributed by atoms with van der Waals surface area (Å²) in [4.78, 5) is 16.0. The van der Waals surface area contributed by atoms with Gasteiger partial charge >= 0.3 is 5.97 Å². The Balaban J connectivity index is 2.38. The Morgan fingerprint density at radius 1 is 1.23 bits per heavy atom. The van der Waals surface area contributed by atoms with Gasteiger partial charge in [0, 0.05) is 6.07 Å². The number of carbonyl (C=O) groups is 1. The van der Waals surface area contributed by atoms with Crippen LogP contribution >= 0.6 is 0 Å². The molecule has 0 aliphatic rings. The first-order valence-electron chi connectivity index (χ1n) is 7.02. The van der Waals surface area contributed by atoms with Crippen molar-refractivity contribution in [2.24, 2.45) is 0 Å². The van der Waals surface area contributed by atoms with E-state index in [0.29, 0.717) is 23.8 Å². The van der Waals surface area contributed by atoms with Gasteiger partial charge in [-0.25, -0.2) is 9.78 Å². The predicted octanol–water partition coefficient (Wildman–Crippen LogP) is 2.69. The van der Waals surface area contributed by atoms with Gasteiger partial charge in [-0.2, -0.15) is 0 Å². The monoisotopic (exact) mass is 304 g/mol. The predicted molar refractivity (Wildman–Crippen MR) is 81.5 cm³/mol. The molecule has 0 N–H and O–H groups in total. The minimum Gasteiger partial charge on any atom is -0.497 e. The molecule has 1 atom stereocenters. The van der Waals surface area contributed by atoms with Gasteiger partial charge in [0.1, 0.15) is 17.2 Å². The Morgan fingerprint density at radius 2 is 1.86 bits per heavy atom. The van der Waals surface area contributed by atoms with Gasteiger partial charge in [0.25, 0.3) is 0 Å². The van der Waals surface area contributed by atoms with Crippen molar-refractivity contribution >= 4 is 5.97 Å². The molecule has 22 heavy (non-hydrogen) atoms. The molecule has 0 spiro atoms. The van der Waals surface area contributed by atoms with E-state index in [9.17, 15) is 4.79 Å². The molecule has 0 fully saturated rings. The molecule has 0 bridgehead atoms. The fourth-order valence-corrected chi connectivity index (χ4v) is 2.21. The van der Waals surface area contributed by atoms with Crippen LogP contribution in [0.25, 0.3) is 0 Å². The number of ether oxygens (including phenoxy) is 3. The van der Waals surface area contributed by atoms with Gasteiger partial charge in [-0.05, 0) is 31.5 Å². The van der Waals surface area contributed by atoms with Crippen molar-refractivity contribution in [3.63, 3.8) is 0 Å². The second-order valence-corrected chi connectivity index (χ2v) is 4.73. The molecule has 6 heteroatoms. The number of carbonyl (C=O) groups excluding carboxylic acids is 1. The van der Waals surface area contributed by atoms with Gasteiger partial charge in [0.2, 0.25) is 0 Å². The Hall–Kier alpha value is -2.50. The number of hydrogen-bond donors (Lipinski definition) is 0. The first-order valence-corrected chi connectivity index (χ1v) is 7.02. The second-order valence-electron chi connectivity index (χ2n) is 4.73. The fraction of sp³-hybridized carbons (Fsp3) is 0.375. The van der Waals surface area contributed by atoms with Crippen LogP contribution in [0.5, 0.6) is 11.5 Å². The summed E-state index contributed by atoms with van der Waals surface area (Å²) in [5, 5.41) is 0. The van der Waals surface area contributed by atoms with E-state index in [1.165, 1.54) is 6.20 Å². The van der Waals surface area contributed by atoms with E-state index in [-0.39, 0.29) is 12.0 Å². The van der Waals surface area contributed by atoms with Crippen LogP contribution in [0, 0.1) is 0 Å². The first kappa shape index (κ1) is 15.9. The molecule has 0 saturated carbocycles. The molecule has 0 aliphatic carbocycles. The van der Waals surface area contributed by atoms with Crippen molar-refractivity contribution in [1.82, 2.24) is 9.55 Å². The highest BCUT2D eigenvalue weighted by atomic mass is 16.5. The average Bonchev–Trinajstić information content (AvgIpc) is 3.03. The topological polar surface area (TPSA) is 62.6 Å². The van der Waals surface area contributed by atoms with Crippen LogP contribution < -0.4 is 9.47 Å². The zero-order valence-corrected chi connectivity index (χ0v) is 13.2. The third kappa shape index (κ3) is 3.21. The molecular weight excluding hydrogens is 284 g/mol. The number of hydrogen-bond acceptors (Lipinski definition) is 5. The van der Waals surface area contributed by atoms with E-state index in [1.807, 2.05) is 19.1 Å². The molecular formula is C16H20N2O4. The highest BCUT2D eigenvalue weighted by Crippen LogP contribution is 2.29. The lowest BCUT2D eigenvalue weighted by molar-refractivity contribution is 0.0512. The maximum absolute atomic E-state index is 12.0. The molecule has 0 amide bonds. The summed E-state index contributed by atoms with van der Waals surface area (Å²) in [5.74, 6) is 1.000. The lowest BCUT2D eigenvalue weighted by Gasteiger charge is -2.18. The summed E-state index contributed by atoms with van der Waals surface area (Å²) in [5.41, 5.74) is 1.36. The van der Waals surface area contributed by atoms with Gasteiger partial charge in [-0.1, -0.05) is 0 Å². The number of nitrogens with zero attached hydrogens (tertiary/aromatic N) is 2. The minimum atomic E-state index is -0.387. The molecule has 0 unspecified atom stereocenters. The zero-order valence-electron chi connectivity index (χ0n) is 13.2. The van der Waals surface area contributed by atoms with Gasteiger partial charge in [-0.15, -0.1) is 0 Å². The summed E-state index contributed by atoms with van der Waals surface area (Å²) >= 11 is 0. The number of methoxy groups -OCH3 is 2. The van der Waals surface area contributed by atoms with Gasteiger partial charge < -0.3 is 18.8 Å². The van der Waals surface area contributed by atoms with Crippen LogP contribution in [0.3, 0.4) is 0 Å². The maximum atomic E-state index is 12.0. The molecule has 0 radical (unpaired) electrons. The summed E-state index contributed by atoms with van der Waals surface area (Å²) in [7, 11) is 3.20. The van der Waals surface area contributed by atoms with Crippen LogP contribution in [-0.2, 0) is 4.74 Å². The third-order valence-corrected chi connectivity index (χ3v) is 3.42. The largest absolute Gasteiger partial charge is 0.497 e. The lowest BCUT2D eigenvalue weighted by Crippen LogP contribution is -2.15. The van der Waals surface area contributed by atoms with Crippen molar-refractivity contribution < 1.29 is 19.0 Å². The molecule has 6 nitrogen and oxygen atoms in total. The number of imidazole rings is 1. The minimum absolute atomic E-state index is 0.120. The van der Waals surface area contributed by atoms with Crippen molar-refractivity contribution in [3.05, 3.63) is 42.0 Å². The van der Waals surface area contributed by atoms with Crippen LogP contribution in [0.15, 0.2) is 30.7 Å². The molecule has 0 aliphatic heterocycles. The quantitative estimate of drug-likeness (QED) is 0.768. The molecule has 0 saturated heterocycles.